The van der Waals surface area contributed by atoms with Gasteiger partial charge in [0.1, 0.15) is 0 Å². The van der Waals surface area contributed by atoms with Crippen molar-refractivity contribution in [1.82, 2.24) is 0 Å². The Morgan fingerprint density at radius 1 is 0.292 bits per heavy atom. The van der Waals surface area contributed by atoms with Crippen molar-refractivity contribution in [3.05, 3.63) is 193 Å². The Bertz CT molecular complexity index is 2580. The lowest BCUT2D eigenvalue weighted by Gasteiger charge is -2.19. The molecule has 0 amide bonds. The fourth-order valence-electron chi connectivity index (χ4n) is 7.36. The fraction of sp³-hybridized carbons (Fsp3) is 0. The molecule has 9 rings (SSSR count). The molecule has 0 unspecified atom stereocenters. The lowest BCUT2D eigenvalue weighted by atomic mass is 9.84. The van der Waals surface area contributed by atoms with Gasteiger partial charge in [-0.2, -0.15) is 0 Å². The van der Waals surface area contributed by atoms with Crippen LogP contribution in [0.1, 0.15) is 11.1 Å². The minimum Gasteiger partial charge on any atom is -0.0622 e. The monoisotopic (exact) mass is 608 g/mol. The summed E-state index contributed by atoms with van der Waals surface area (Å²) in [6.45, 7) is 0. The lowest BCUT2D eigenvalue weighted by molar-refractivity contribution is 1.60. The van der Waals surface area contributed by atoms with E-state index in [-0.39, 0.29) is 0 Å². The summed E-state index contributed by atoms with van der Waals surface area (Å²) >= 11 is 0. The highest BCUT2D eigenvalue weighted by Gasteiger charge is 2.18. The summed E-state index contributed by atoms with van der Waals surface area (Å²) in [5.41, 5.74) is 9.94. The van der Waals surface area contributed by atoms with Crippen LogP contribution in [0.4, 0.5) is 0 Å². The minimum absolute atomic E-state index is 1.18. The SMILES string of the molecule is C(=C\c1ccc(-c2c3ccccc3c(-c3ccc4ccccc4c3)c3ccccc23)c2ccccc12)/c1ccc(-c2ccccc2)cc1. The summed E-state index contributed by atoms with van der Waals surface area (Å²) in [5, 5.41) is 10.1. The molecule has 0 aliphatic heterocycles. The molecule has 9 aromatic carbocycles. The van der Waals surface area contributed by atoms with Crippen LogP contribution in [-0.2, 0) is 0 Å². The van der Waals surface area contributed by atoms with Gasteiger partial charge < -0.3 is 0 Å². The summed E-state index contributed by atoms with van der Waals surface area (Å²) < 4.78 is 0. The molecular formula is C48H32. The van der Waals surface area contributed by atoms with E-state index in [4.69, 9.17) is 0 Å². The first-order chi connectivity index (χ1) is 23.8. The first kappa shape index (κ1) is 28.0. The van der Waals surface area contributed by atoms with Crippen molar-refractivity contribution in [3.8, 4) is 33.4 Å². The summed E-state index contributed by atoms with van der Waals surface area (Å²) in [5.74, 6) is 0. The van der Waals surface area contributed by atoms with E-state index in [2.05, 4.69) is 194 Å². The molecule has 0 fully saturated rings. The van der Waals surface area contributed by atoms with Gasteiger partial charge in [0, 0.05) is 0 Å². The highest BCUT2D eigenvalue weighted by Crippen LogP contribution is 2.46. The molecule has 0 saturated heterocycles. The maximum Gasteiger partial charge on any atom is -0.00201 e. The third-order valence-corrected chi connectivity index (χ3v) is 9.67. The van der Waals surface area contributed by atoms with Crippen LogP contribution in [0.25, 0.3) is 88.6 Å². The molecule has 0 heterocycles. The van der Waals surface area contributed by atoms with Crippen molar-refractivity contribution in [3.63, 3.8) is 0 Å². The van der Waals surface area contributed by atoms with Crippen LogP contribution < -0.4 is 0 Å². The predicted molar refractivity (Wildman–Crippen MR) is 208 cm³/mol. The molecule has 0 aliphatic rings. The van der Waals surface area contributed by atoms with E-state index >= 15 is 0 Å². The normalized spacial score (nSPS) is 11.7. The standard InChI is InChI=1S/C48H32/c1-2-12-34(13-3-1)36-25-22-33(23-26-36)24-27-37-30-31-46(41-17-7-6-16-40(37)41)48-44-20-10-8-18-42(44)47(43-19-9-11-21-45(43)48)39-29-28-35-14-4-5-15-38(35)32-39/h1-32H/b27-24+. The fourth-order valence-corrected chi connectivity index (χ4v) is 7.36. The van der Waals surface area contributed by atoms with E-state index in [1.165, 1.54) is 87.6 Å². The minimum atomic E-state index is 1.18. The highest BCUT2D eigenvalue weighted by molar-refractivity contribution is 6.24. The Balaban J connectivity index is 1.20. The number of fused-ring (bicyclic) bond motifs is 4. The molecule has 0 radical (unpaired) electrons. The van der Waals surface area contributed by atoms with E-state index in [1.54, 1.807) is 0 Å². The van der Waals surface area contributed by atoms with Gasteiger partial charge >= 0.3 is 0 Å². The molecule has 0 heteroatoms. The quantitative estimate of drug-likeness (QED) is 0.135. The third-order valence-electron chi connectivity index (χ3n) is 9.67. The second kappa shape index (κ2) is 11.8. The summed E-state index contributed by atoms with van der Waals surface area (Å²) in [4.78, 5) is 0. The zero-order chi connectivity index (χ0) is 31.9. The van der Waals surface area contributed by atoms with Crippen LogP contribution >= 0.6 is 0 Å². The van der Waals surface area contributed by atoms with Crippen LogP contribution in [0.2, 0.25) is 0 Å². The summed E-state index contributed by atoms with van der Waals surface area (Å²) in [7, 11) is 0. The molecule has 0 nitrogen and oxygen atoms in total. The molecule has 0 bridgehead atoms. The van der Waals surface area contributed by atoms with E-state index in [1.807, 2.05) is 0 Å². The Morgan fingerprint density at radius 2 is 0.812 bits per heavy atom. The molecule has 0 aliphatic carbocycles. The molecule has 0 aromatic heterocycles. The van der Waals surface area contributed by atoms with E-state index in [0.29, 0.717) is 0 Å². The van der Waals surface area contributed by atoms with Gasteiger partial charge in [-0.1, -0.05) is 188 Å². The largest absolute Gasteiger partial charge is 0.0622 e. The zero-order valence-corrected chi connectivity index (χ0v) is 26.5. The first-order valence-electron chi connectivity index (χ1n) is 16.6. The van der Waals surface area contributed by atoms with Crippen LogP contribution in [0, 0.1) is 0 Å². The number of rotatable bonds is 5. The van der Waals surface area contributed by atoms with Crippen LogP contribution in [0.15, 0.2) is 182 Å². The molecule has 0 saturated carbocycles. The van der Waals surface area contributed by atoms with Crippen LogP contribution in [0.3, 0.4) is 0 Å². The Morgan fingerprint density at radius 3 is 1.50 bits per heavy atom. The van der Waals surface area contributed by atoms with Crippen molar-refractivity contribution in [2.24, 2.45) is 0 Å². The first-order valence-corrected chi connectivity index (χ1v) is 16.6. The van der Waals surface area contributed by atoms with Gasteiger partial charge in [0.05, 0.1) is 0 Å². The predicted octanol–water partition coefficient (Wildman–Crippen LogP) is 13.5. The molecule has 0 spiro atoms. The maximum atomic E-state index is 2.34. The van der Waals surface area contributed by atoms with Crippen LogP contribution in [0.5, 0.6) is 0 Å². The smallest absolute Gasteiger partial charge is 0.00201 e. The highest BCUT2D eigenvalue weighted by atomic mass is 14.2. The van der Waals surface area contributed by atoms with E-state index in [0.717, 1.165) is 0 Å². The van der Waals surface area contributed by atoms with Gasteiger partial charge in [-0.3, -0.25) is 0 Å². The number of hydrogen-bond donors (Lipinski definition) is 0. The van der Waals surface area contributed by atoms with Crippen LogP contribution in [-0.4, -0.2) is 0 Å². The number of hydrogen-bond acceptors (Lipinski definition) is 0. The average Bonchev–Trinajstić information content (AvgIpc) is 3.16. The lowest BCUT2D eigenvalue weighted by Crippen LogP contribution is -1.92. The molecule has 0 atom stereocenters. The molecule has 48 heavy (non-hydrogen) atoms. The Kier molecular flexibility index (Phi) is 6.91. The van der Waals surface area contributed by atoms with Crippen molar-refractivity contribution in [2.45, 2.75) is 0 Å². The van der Waals surface area contributed by atoms with Crippen molar-refractivity contribution in [1.29, 1.82) is 0 Å². The van der Waals surface area contributed by atoms with Crippen molar-refractivity contribution in [2.75, 3.05) is 0 Å². The topological polar surface area (TPSA) is 0 Å². The zero-order valence-electron chi connectivity index (χ0n) is 26.5. The maximum absolute atomic E-state index is 2.34. The van der Waals surface area contributed by atoms with Gasteiger partial charge in [0.15, 0.2) is 0 Å². The van der Waals surface area contributed by atoms with Gasteiger partial charge in [0.2, 0.25) is 0 Å². The van der Waals surface area contributed by atoms with Gasteiger partial charge in [-0.25, -0.2) is 0 Å². The Labute approximate surface area is 280 Å². The van der Waals surface area contributed by atoms with Gasteiger partial charge in [0.25, 0.3) is 0 Å². The summed E-state index contributed by atoms with van der Waals surface area (Å²) in [6.07, 6.45) is 4.47. The average molecular weight is 609 g/mol. The molecule has 9 aromatic rings. The second-order valence-corrected chi connectivity index (χ2v) is 12.5. The third kappa shape index (κ3) is 4.87. The van der Waals surface area contributed by atoms with E-state index in [9.17, 15) is 0 Å². The second-order valence-electron chi connectivity index (χ2n) is 12.5. The molecule has 224 valence electrons. The van der Waals surface area contributed by atoms with Crippen molar-refractivity contribution < 1.29 is 0 Å². The Hall–Kier alpha value is -6.24. The number of benzene rings is 9. The summed E-state index contributed by atoms with van der Waals surface area (Å²) in [6, 6.07) is 66.1. The van der Waals surface area contributed by atoms with Crippen molar-refractivity contribution >= 4 is 55.2 Å². The van der Waals surface area contributed by atoms with Gasteiger partial charge in [-0.15, -0.1) is 0 Å². The molecule has 0 N–H and O–H groups in total. The van der Waals surface area contributed by atoms with E-state index < -0.39 is 0 Å². The van der Waals surface area contributed by atoms with Gasteiger partial charge in [-0.05, 0) is 93.7 Å². The molecular weight excluding hydrogens is 577 g/mol.